The van der Waals surface area contributed by atoms with E-state index in [1.165, 1.54) is 0 Å². The van der Waals surface area contributed by atoms with E-state index >= 15 is 0 Å². The van der Waals surface area contributed by atoms with Crippen LogP contribution in [0.4, 0.5) is 0 Å². The smallest absolute Gasteiger partial charge is 0.0705 e. The van der Waals surface area contributed by atoms with E-state index in [1.54, 1.807) is 0 Å². The maximum Gasteiger partial charge on any atom is 0.0705 e. The van der Waals surface area contributed by atoms with Crippen LogP contribution in [0.15, 0.2) is 24.3 Å². The number of aromatic amines is 1. The molecule has 4 nitrogen and oxygen atoms in total. The summed E-state index contributed by atoms with van der Waals surface area (Å²) in [5.41, 5.74) is 1.75. The Bertz CT molecular complexity index is 591. The number of benzene rings is 1. The van der Waals surface area contributed by atoms with Crippen molar-refractivity contribution in [1.82, 2.24) is 10.3 Å². The van der Waals surface area contributed by atoms with Crippen LogP contribution in [0.2, 0.25) is 5.02 Å². The Morgan fingerprint density at radius 2 is 2.05 bits per heavy atom. The Kier molecular flexibility index (Phi) is 3.98. The van der Waals surface area contributed by atoms with Crippen molar-refractivity contribution in [3.8, 4) is 0 Å². The van der Waals surface area contributed by atoms with E-state index in [0.29, 0.717) is 19.8 Å². The van der Waals surface area contributed by atoms with Crippen molar-refractivity contribution >= 4 is 22.5 Å². The van der Waals surface area contributed by atoms with Gasteiger partial charge in [0.05, 0.1) is 11.6 Å². The summed E-state index contributed by atoms with van der Waals surface area (Å²) in [5.74, 6) is 0. The molecule has 0 radical (unpaired) electrons. The highest BCUT2D eigenvalue weighted by atomic mass is 35.5. The van der Waals surface area contributed by atoms with Crippen molar-refractivity contribution in [2.45, 2.75) is 24.9 Å². The number of aromatic nitrogens is 1. The van der Waals surface area contributed by atoms with Gasteiger partial charge in [-0.3, -0.25) is 0 Å². The van der Waals surface area contributed by atoms with Gasteiger partial charge < -0.3 is 20.1 Å². The van der Waals surface area contributed by atoms with Crippen LogP contribution in [0.1, 0.15) is 18.5 Å². The molecule has 0 atom stereocenters. The van der Waals surface area contributed by atoms with E-state index < -0.39 is 0 Å². The molecule has 0 saturated carbocycles. The van der Waals surface area contributed by atoms with E-state index in [2.05, 4.69) is 10.3 Å². The standard InChI is InChI=1S/C15H19ClN2O2/c16-14-11-3-1-2-4-12(11)18-13(14)9-17-15(10-19)5-7-20-8-6-15/h1-4,17-19H,5-10H2. The monoisotopic (exact) mass is 294 g/mol. The van der Waals surface area contributed by atoms with E-state index in [9.17, 15) is 5.11 Å². The van der Waals surface area contributed by atoms with Crippen molar-refractivity contribution in [2.24, 2.45) is 0 Å². The quantitative estimate of drug-likeness (QED) is 0.812. The summed E-state index contributed by atoms with van der Waals surface area (Å²) >= 11 is 6.40. The maximum absolute atomic E-state index is 9.67. The minimum Gasteiger partial charge on any atom is -0.394 e. The van der Waals surface area contributed by atoms with Crippen LogP contribution < -0.4 is 5.32 Å². The van der Waals surface area contributed by atoms with Crippen LogP contribution in [0.25, 0.3) is 10.9 Å². The van der Waals surface area contributed by atoms with E-state index in [0.717, 1.165) is 34.5 Å². The summed E-state index contributed by atoms with van der Waals surface area (Å²) in [6.45, 7) is 2.12. The molecule has 2 aromatic rings. The summed E-state index contributed by atoms with van der Waals surface area (Å²) in [4.78, 5) is 3.34. The van der Waals surface area contributed by atoms with Gasteiger partial charge in [0, 0.05) is 41.9 Å². The third-order valence-corrected chi connectivity index (χ3v) is 4.54. The highest BCUT2D eigenvalue weighted by molar-refractivity contribution is 6.36. The molecule has 0 amide bonds. The number of fused-ring (bicyclic) bond motifs is 1. The SMILES string of the molecule is OCC1(NCc2[nH]c3ccccc3c2Cl)CCOCC1. The first-order valence-corrected chi connectivity index (χ1v) is 7.31. The summed E-state index contributed by atoms with van der Waals surface area (Å²) in [6, 6.07) is 7.99. The maximum atomic E-state index is 9.67. The number of aliphatic hydroxyl groups excluding tert-OH is 1. The molecule has 108 valence electrons. The Balaban J connectivity index is 1.77. The first-order chi connectivity index (χ1) is 9.74. The number of rotatable bonds is 4. The van der Waals surface area contributed by atoms with Gasteiger partial charge in [-0.1, -0.05) is 29.8 Å². The molecule has 1 fully saturated rings. The van der Waals surface area contributed by atoms with Crippen molar-refractivity contribution in [3.05, 3.63) is 35.0 Å². The third kappa shape index (κ3) is 2.56. The molecule has 1 aliphatic rings. The van der Waals surface area contributed by atoms with Gasteiger partial charge in [-0.15, -0.1) is 0 Å². The lowest BCUT2D eigenvalue weighted by atomic mass is 9.91. The zero-order valence-electron chi connectivity index (χ0n) is 11.3. The van der Waals surface area contributed by atoms with Gasteiger partial charge >= 0.3 is 0 Å². The number of hydrogen-bond donors (Lipinski definition) is 3. The predicted octanol–water partition coefficient (Wildman–Crippen LogP) is 2.45. The summed E-state index contributed by atoms with van der Waals surface area (Å²) in [5, 5.41) is 14.9. The van der Waals surface area contributed by atoms with Crippen LogP contribution in [-0.2, 0) is 11.3 Å². The second-order valence-corrected chi connectivity index (χ2v) is 5.75. The van der Waals surface area contributed by atoms with Crippen LogP contribution in [0.3, 0.4) is 0 Å². The van der Waals surface area contributed by atoms with Crippen molar-refractivity contribution in [3.63, 3.8) is 0 Å². The van der Waals surface area contributed by atoms with E-state index in [-0.39, 0.29) is 12.1 Å². The fourth-order valence-corrected chi connectivity index (χ4v) is 2.99. The van der Waals surface area contributed by atoms with Crippen LogP contribution >= 0.6 is 11.6 Å². The van der Waals surface area contributed by atoms with Crippen LogP contribution in [0.5, 0.6) is 0 Å². The van der Waals surface area contributed by atoms with Gasteiger partial charge in [0.15, 0.2) is 0 Å². The van der Waals surface area contributed by atoms with Gasteiger partial charge in [0.1, 0.15) is 0 Å². The number of H-pyrrole nitrogens is 1. The summed E-state index contributed by atoms with van der Waals surface area (Å²) in [7, 11) is 0. The second-order valence-electron chi connectivity index (χ2n) is 5.37. The molecule has 0 bridgehead atoms. The topological polar surface area (TPSA) is 57.3 Å². The lowest BCUT2D eigenvalue weighted by Gasteiger charge is -2.36. The number of aliphatic hydroxyl groups is 1. The Morgan fingerprint density at radius 1 is 1.30 bits per heavy atom. The molecule has 1 aliphatic heterocycles. The predicted molar refractivity (Wildman–Crippen MR) is 80.0 cm³/mol. The molecule has 5 heteroatoms. The minimum absolute atomic E-state index is 0.119. The highest BCUT2D eigenvalue weighted by Gasteiger charge is 2.31. The largest absolute Gasteiger partial charge is 0.394 e. The first kappa shape index (κ1) is 13.9. The molecule has 1 aromatic carbocycles. The van der Waals surface area contributed by atoms with Crippen molar-refractivity contribution in [2.75, 3.05) is 19.8 Å². The third-order valence-electron chi connectivity index (χ3n) is 4.11. The lowest BCUT2D eigenvalue weighted by Crippen LogP contribution is -2.51. The second kappa shape index (κ2) is 5.74. The van der Waals surface area contributed by atoms with Crippen molar-refractivity contribution < 1.29 is 9.84 Å². The van der Waals surface area contributed by atoms with Gasteiger partial charge in [0.2, 0.25) is 0 Å². The van der Waals surface area contributed by atoms with Gasteiger partial charge in [-0.05, 0) is 18.9 Å². The Hall–Kier alpha value is -1.07. The average Bonchev–Trinajstić information content (AvgIpc) is 2.83. The van der Waals surface area contributed by atoms with E-state index in [1.807, 2.05) is 24.3 Å². The van der Waals surface area contributed by atoms with Gasteiger partial charge in [-0.25, -0.2) is 0 Å². The van der Waals surface area contributed by atoms with Crippen LogP contribution in [-0.4, -0.2) is 35.5 Å². The molecular formula is C15H19ClN2O2. The van der Waals surface area contributed by atoms with Gasteiger partial charge in [0.25, 0.3) is 0 Å². The Morgan fingerprint density at radius 3 is 2.75 bits per heavy atom. The molecule has 20 heavy (non-hydrogen) atoms. The first-order valence-electron chi connectivity index (χ1n) is 6.93. The zero-order valence-corrected chi connectivity index (χ0v) is 12.0. The highest BCUT2D eigenvalue weighted by Crippen LogP contribution is 2.28. The number of nitrogens with one attached hydrogen (secondary N) is 2. The molecule has 0 aliphatic carbocycles. The minimum atomic E-state index is -0.251. The number of para-hydroxylation sites is 1. The molecule has 2 heterocycles. The molecule has 3 N–H and O–H groups in total. The molecular weight excluding hydrogens is 276 g/mol. The normalized spacial score (nSPS) is 18.5. The average molecular weight is 295 g/mol. The molecule has 3 rings (SSSR count). The summed E-state index contributed by atoms with van der Waals surface area (Å²) < 4.78 is 5.37. The zero-order chi connectivity index (χ0) is 14.0. The van der Waals surface area contributed by atoms with E-state index in [4.69, 9.17) is 16.3 Å². The Labute approximate surface area is 123 Å². The lowest BCUT2D eigenvalue weighted by molar-refractivity contribution is 0.0110. The fourth-order valence-electron chi connectivity index (χ4n) is 2.71. The fraction of sp³-hybridized carbons (Fsp3) is 0.467. The molecule has 1 aromatic heterocycles. The molecule has 1 saturated heterocycles. The molecule has 0 unspecified atom stereocenters. The van der Waals surface area contributed by atoms with Crippen LogP contribution in [0, 0.1) is 0 Å². The van der Waals surface area contributed by atoms with Gasteiger partial charge in [-0.2, -0.15) is 0 Å². The molecule has 0 spiro atoms. The number of hydrogen-bond acceptors (Lipinski definition) is 3. The number of halogens is 1. The number of ether oxygens (including phenoxy) is 1. The summed E-state index contributed by atoms with van der Waals surface area (Å²) in [6.07, 6.45) is 1.64. The van der Waals surface area contributed by atoms with Crippen molar-refractivity contribution in [1.29, 1.82) is 0 Å².